The van der Waals surface area contributed by atoms with Crippen LogP contribution >= 0.6 is 15.9 Å². The van der Waals surface area contributed by atoms with Crippen molar-refractivity contribution < 1.29 is 0 Å². The molecule has 3 aromatic rings. The Morgan fingerprint density at radius 1 is 1.00 bits per heavy atom. The van der Waals surface area contributed by atoms with Gasteiger partial charge in [-0.25, -0.2) is 0 Å². The lowest BCUT2D eigenvalue weighted by atomic mass is 9.90. The van der Waals surface area contributed by atoms with E-state index >= 15 is 0 Å². The van der Waals surface area contributed by atoms with E-state index in [9.17, 15) is 0 Å². The van der Waals surface area contributed by atoms with Crippen molar-refractivity contribution in [1.29, 1.82) is 0 Å². The molecule has 4 rings (SSSR count). The lowest BCUT2D eigenvalue weighted by Crippen LogP contribution is -2.26. The molecular formula is C20H21BrN2. The maximum atomic E-state index is 3.68. The van der Waals surface area contributed by atoms with Gasteiger partial charge in [-0.05, 0) is 55.1 Å². The Labute approximate surface area is 145 Å². The molecule has 0 amide bonds. The number of nitrogens with zero attached hydrogens (tertiary/aromatic N) is 1. The van der Waals surface area contributed by atoms with Gasteiger partial charge in [0.2, 0.25) is 0 Å². The Balaban J connectivity index is 1.76. The summed E-state index contributed by atoms with van der Waals surface area (Å²) in [5.41, 5.74) is 4.19. The third kappa shape index (κ3) is 2.96. The molecule has 1 fully saturated rings. The van der Waals surface area contributed by atoms with Crippen molar-refractivity contribution in [3.05, 3.63) is 70.3 Å². The zero-order valence-corrected chi connectivity index (χ0v) is 14.7. The molecule has 3 heteroatoms. The Kier molecular flexibility index (Phi) is 4.23. The molecule has 0 atom stereocenters. The number of fused-ring (bicyclic) bond motifs is 1. The third-order valence-electron chi connectivity index (χ3n) is 4.90. The number of hydrogen-bond acceptors (Lipinski definition) is 1. The van der Waals surface area contributed by atoms with Crippen LogP contribution in [-0.4, -0.2) is 17.7 Å². The molecular weight excluding hydrogens is 348 g/mol. The number of aromatic nitrogens is 1. The van der Waals surface area contributed by atoms with E-state index in [0.29, 0.717) is 5.92 Å². The van der Waals surface area contributed by atoms with E-state index < -0.39 is 0 Å². The minimum absolute atomic E-state index is 0.682. The zero-order valence-electron chi connectivity index (χ0n) is 13.1. The topological polar surface area (TPSA) is 17.0 Å². The lowest BCUT2D eigenvalue weighted by molar-refractivity contribution is 0.461. The molecule has 1 aromatic heterocycles. The van der Waals surface area contributed by atoms with E-state index in [-0.39, 0.29) is 0 Å². The van der Waals surface area contributed by atoms with E-state index in [4.69, 9.17) is 0 Å². The first-order valence-corrected chi connectivity index (χ1v) is 9.14. The van der Waals surface area contributed by atoms with Gasteiger partial charge >= 0.3 is 0 Å². The summed E-state index contributed by atoms with van der Waals surface area (Å²) in [5, 5.41) is 4.90. The number of rotatable bonds is 3. The van der Waals surface area contributed by atoms with E-state index in [0.717, 1.165) is 19.6 Å². The highest BCUT2D eigenvalue weighted by atomic mass is 79.9. The Morgan fingerprint density at radius 2 is 1.74 bits per heavy atom. The van der Waals surface area contributed by atoms with Gasteiger partial charge in [-0.3, -0.25) is 0 Å². The molecule has 2 nitrogen and oxygen atoms in total. The van der Waals surface area contributed by atoms with Crippen LogP contribution in [0.5, 0.6) is 0 Å². The van der Waals surface area contributed by atoms with E-state index in [1.807, 2.05) is 0 Å². The molecule has 0 bridgehead atoms. The van der Waals surface area contributed by atoms with Crippen LogP contribution in [0.4, 0.5) is 0 Å². The summed E-state index contributed by atoms with van der Waals surface area (Å²) >= 11 is 3.68. The van der Waals surface area contributed by atoms with Crippen LogP contribution in [0.15, 0.2) is 59.2 Å². The number of hydrogen-bond donors (Lipinski definition) is 1. The van der Waals surface area contributed by atoms with Crippen molar-refractivity contribution in [2.45, 2.75) is 25.3 Å². The van der Waals surface area contributed by atoms with Gasteiger partial charge in [0, 0.05) is 28.1 Å². The van der Waals surface area contributed by atoms with Gasteiger partial charge in [0.05, 0.1) is 0 Å². The Bertz CT molecular complexity index is 815. The van der Waals surface area contributed by atoms with E-state index in [1.54, 1.807) is 0 Å². The molecule has 1 aliphatic rings. The molecule has 0 radical (unpaired) electrons. The second-order valence-corrected chi connectivity index (χ2v) is 7.20. The Hall–Kier alpha value is -1.58. The molecule has 1 aliphatic heterocycles. The van der Waals surface area contributed by atoms with Crippen molar-refractivity contribution in [2.24, 2.45) is 0 Å². The van der Waals surface area contributed by atoms with Gasteiger partial charge in [0.15, 0.2) is 0 Å². The quantitative estimate of drug-likeness (QED) is 0.694. The second kappa shape index (κ2) is 6.50. The summed E-state index contributed by atoms with van der Waals surface area (Å²) < 4.78 is 3.59. The van der Waals surface area contributed by atoms with Crippen molar-refractivity contribution in [3.63, 3.8) is 0 Å². The summed E-state index contributed by atoms with van der Waals surface area (Å²) in [6, 6.07) is 17.3. The van der Waals surface area contributed by atoms with Crippen molar-refractivity contribution in [2.75, 3.05) is 13.1 Å². The molecule has 0 aliphatic carbocycles. The number of para-hydroxylation sites is 1. The predicted octanol–water partition coefficient (Wildman–Crippen LogP) is 4.92. The Morgan fingerprint density at radius 3 is 2.57 bits per heavy atom. The summed E-state index contributed by atoms with van der Waals surface area (Å²) in [6.07, 6.45) is 4.87. The van der Waals surface area contributed by atoms with E-state index in [2.05, 4.69) is 80.5 Å². The maximum absolute atomic E-state index is 3.68. The third-order valence-corrected chi connectivity index (χ3v) is 5.67. The average Bonchev–Trinajstić information content (AvgIpc) is 2.97. The van der Waals surface area contributed by atoms with Gasteiger partial charge in [-0.1, -0.05) is 52.3 Å². The number of piperidine rings is 1. The van der Waals surface area contributed by atoms with Crippen LogP contribution in [0.3, 0.4) is 0 Å². The van der Waals surface area contributed by atoms with Crippen LogP contribution in [0.2, 0.25) is 0 Å². The van der Waals surface area contributed by atoms with Crippen LogP contribution < -0.4 is 5.32 Å². The molecule has 1 N–H and O–H groups in total. The van der Waals surface area contributed by atoms with Gasteiger partial charge < -0.3 is 9.88 Å². The number of halogens is 1. The van der Waals surface area contributed by atoms with Crippen LogP contribution in [-0.2, 0) is 6.54 Å². The molecule has 23 heavy (non-hydrogen) atoms. The standard InChI is InChI=1S/C20H21BrN2/c21-19-7-3-1-5-16(19)13-23-14-18(15-9-11-22-12-10-15)17-6-2-4-8-20(17)23/h1-8,14-15,22H,9-13H2. The number of nitrogens with one attached hydrogen (secondary N) is 1. The smallest absolute Gasteiger partial charge is 0.0487 e. The summed E-state index contributed by atoms with van der Waals surface area (Å²) in [7, 11) is 0. The summed E-state index contributed by atoms with van der Waals surface area (Å²) in [6.45, 7) is 3.18. The first-order chi connectivity index (χ1) is 11.3. The van der Waals surface area contributed by atoms with Crippen molar-refractivity contribution >= 4 is 26.8 Å². The van der Waals surface area contributed by atoms with Gasteiger partial charge in [-0.2, -0.15) is 0 Å². The minimum Gasteiger partial charge on any atom is -0.343 e. The van der Waals surface area contributed by atoms with Crippen LogP contribution in [0.1, 0.15) is 29.9 Å². The lowest BCUT2D eigenvalue weighted by Gasteiger charge is -2.22. The highest BCUT2D eigenvalue weighted by molar-refractivity contribution is 9.10. The van der Waals surface area contributed by atoms with Gasteiger partial charge in [0.25, 0.3) is 0 Å². The maximum Gasteiger partial charge on any atom is 0.0487 e. The van der Waals surface area contributed by atoms with Crippen LogP contribution in [0, 0.1) is 0 Å². The number of benzene rings is 2. The highest BCUT2D eigenvalue weighted by Crippen LogP contribution is 2.33. The minimum atomic E-state index is 0.682. The first-order valence-electron chi connectivity index (χ1n) is 8.35. The fourth-order valence-electron chi connectivity index (χ4n) is 3.67. The summed E-state index contributed by atoms with van der Waals surface area (Å²) in [4.78, 5) is 0. The largest absolute Gasteiger partial charge is 0.343 e. The average molecular weight is 369 g/mol. The molecule has 0 unspecified atom stereocenters. The van der Waals surface area contributed by atoms with Gasteiger partial charge in [0.1, 0.15) is 0 Å². The molecule has 1 saturated heterocycles. The van der Waals surface area contributed by atoms with Gasteiger partial charge in [-0.15, -0.1) is 0 Å². The molecule has 2 heterocycles. The normalized spacial score (nSPS) is 16.0. The molecule has 2 aromatic carbocycles. The highest BCUT2D eigenvalue weighted by Gasteiger charge is 2.20. The second-order valence-electron chi connectivity index (χ2n) is 6.35. The summed E-state index contributed by atoms with van der Waals surface area (Å²) in [5.74, 6) is 0.682. The zero-order chi connectivity index (χ0) is 15.6. The van der Waals surface area contributed by atoms with Crippen molar-refractivity contribution in [3.8, 4) is 0 Å². The fraction of sp³-hybridized carbons (Fsp3) is 0.300. The molecule has 0 spiro atoms. The predicted molar refractivity (Wildman–Crippen MR) is 100 cm³/mol. The SMILES string of the molecule is Brc1ccccc1Cn1cc(C2CCNCC2)c2ccccc21. The van der Waals surface area contributed by atoms with Crippen LogP contribution in [0.25, 0.3) is 10.9 Å². The first kappa shape index (κ1) is 15.0. The molecule has 118 valence electrons. The fourth-order valence-corrected chi connectivity index (χ4v) is 4.08. The molecule has 0 saturated carbocycles. The van der Waals surface area contributed by atoms with Crippen molar-refractivity contribution in [1.82, 2.24) is 9.88 Å². The monoisotopic (exact) mass is 368 g/mol. The van der Waals surface area contributed by atoms with E-state index in [1.165, 1.54) is 39.3 Å².